The Bertz CT molecular complexity index is 1100. The number of rotatable bonds is 4. The van der Waals surface area contributed by atoms with Crippen LogP contribution in [0.2, 0.25) is 0 Å². The van der Waals surface area contributed by atoms with Gasteiger partial charge in [0.2, 0.25) is 5.06 Å². The number of alkyl halides is 3. The summed E-state index contributed by atoms with van der Waals surface area (Å²) in [6, 6.07) is 11.9. The van der Waals surface area contributed by atoms with Gasteiger partial charge in [0, 0.05) is 11.9 Å². The van der Waals surface area contributed by atoms with Crippen molar-refractivity contribution in [3.05, 3.63) is 71.5 Å². The summed E-state index contributed by atoms with van der Waals surface area (Å²) >= 11 is 0.952. The van der Waals surface area contributed by atoms with Crippen molar-refractivity contribution in [2.75, 3.05) is 11.9 Å². The number of halogens is 4. The van der Waals surface area contributed by atoms with Gasteiger partial charge >= 0.3 is 12.3 Å². The number of ether oxygens (including phenoxy) is 1. The number of amides is 1. The predicted octanol–water partition coefficient (Wildman–Crippen LogP) is 5.91. The number of thiophene rings is 1. The second-order valence-corrected chi connectivity index (χ2v) is 7.09. The Morgan fingerprint density at radius 2 is 1.73 bits per heavy atom. The molecule has 1 N–H and O–H groups in total. The Morgan fingerprint density at radius 3 is 2.30 bits per heavy atom. The third kappa shape index (κ3) is 4.43. The molecule has 0 unspecified atom stereocenters. The van der Waals surface area contributed by atoms with Crippen LogP contribution in [0, 0.1) is 5.82 Å². The first-order valence-electron chi connectivity index (χ1n) is 8.32. The van der Waals surface area contributed by atoms with Crippen molar-refractivity contribution in [3.8, 4) is 15.5 Å². The molecule has 1 aromatic heterocycles. The SMILES string of the molecule is CN(C(=O)c1ccc(C(F)(F)F)cc1F)c1cc(-c2ccccc2)sc1OC(=O)O. The van der Waals surface area contributed by atoms with Crippen LogP contribution in [0.25, 0.3) is 10.4 Å². The van der Waals surface area contributed by atoms with Crippen LogP contribution in [0.3, 0.4) is 0 Å². The van der Waals surface area contributed by atoms with Gasteiger partial charge in [-0.05, 0) is 29.8 Å². The van der Waals surface area contributed by atoms with E-state index in [1.807, 2.05) is 0 Å². The summed E-state index contributed by atoms with van der Waals surface area (Å²) in [6.45, 7) is 0. The summed E-state index contributed by atoms with van der Waals surface area (Å²) in [6.07, 6.45) is -6.37. The highest BCUT2D eigenvalue weighted by Crippen LogP contribution is 2.43. The molecule has 1 heterocycles. The predicted molar refractivity (Wildman–Crippen MR) is 103 cm³/mol. The summed E-state index contributed by atoms with van der Waals surface area (Å²) in [4.78, 5) is 25.2. The second kappa shape index (κ2) is 8.15. The number of hydrogen-bond acceptors (Lipinski definition) is 4. The molecule has 5 nitrogen and oxygen atoms in total. The van der Waals surface area contributed by atoms with Crippen LogP contribution in [-0.2, 0) is 6.18 Å². The third-order valence-corrected chi connectivity index (χ3v) is 5.16. The lowest BCUT2D eigenvalue weighted by molar-refractivity contribution is -0.137. The van der Waals surface area contributed by atoms with Gasteiger partial charge in [0.05, 0.1) is 16.8 Å². The van der Waals surface area contributed by atoms with Gasteiger partial charge in [0.1, 0.15) is 5.82 Å². The molecule has 1 amide bonds. The van der Waals surface area contributed by atoms with Crippen molar-refractivity contribution < 1.29 is 37.0 Å². The van der Waals surface area contributed by atoms with Gasteiger partial charge in [-0.15, -0.1) is 0 Å². The van der Waals surface area contributed by atoms with E-state index in [0.717, 1.165) is 27.9 Å². The maximum atomic E-state index is 14.2. The lowest BCUT2D eigenvalue weighted by Gasteiger charge is -2.18. The minimum atomic E-state index is -4.76. The summed E-state index contributed by atoms with van der Waals surface area (Å²) < 4.78 is 57.2. The fraction of sp³-hybridized carbons (Fsp3) is 0.100. The van der Waals surface area contributed by atoms with Gasteiger partial charge in [-0.25, -0.2) is 9.18 Å². The highest BCUT2D eigenvalue weighted by Gasteiger charge is 2.32. The average Bonchev–Trinajstić information content (AvgIpc) is 3.10. The maximum absolute atomic E-state index is 14.2. The molecule has 0 aliphatic heterocycles. The molecule has 0 bridgehead atoms. The second-order valence-electron chi connectivity index (χ2n) is 6.07. The monoisotopic (exact) mass is 439 g/mol. The zero-order chi connectivity index (χ0) is 22.1. The van der Waals surface area contributed by atoms with Crippen LogP contribution in [0.4, 0.5) is 28.0 Å². The molecule has 0 saturated carbocycles. The van der Waals surface area contributed by atoms with Crippen LogP contribution < -0.4 is 9.64 Å². The largest absolute Gasteiger partial charge is 0.512 e. The molecule has 0 aliphatic carbocycles. The number of carbonyl (C=O) groups is 2. The quantitative estimate of drug-likeness (QED) is 0.406. The Morgan fingerprint density at radius 1 is 1.07 bits per heavy atom. The molecule has 0 radical (unpaired) electrons. The summed E-state index contributed by atoms with van der Waals surface area (Å²) in [7, 11) is 1.24. The summed E-state index contributed by atoms with van der Waals surface area (Å²) in [5.41, 5.74) is -1.06. The van der Waals surface area contributed by atoms with E-state index in [1.165, 1.54) is 13.1 Å². The highest BCUT2D eigenvalue weighted by atomic mass is 32.1. The minimum Gasteiger partial charge on any atom is -0.449 e. The van der Waals surface area contributed by atoms with Gasteiger partial charge in [-0.1, -0.05) is 41.7 Å². The smallest absolute Gasteiger partial charge is 0.449 e. The lowest BCUT2D eigenvalue weighted by Crippen LogP contribution is -2.27. The van der Waals surface area contributed by atoms with Crippen molar-refractivity contribution in [3.63, 3.8) is 0 Å². The van der Waals surface area contributed by atoms with Crippen LogP contribution >= 0.6 is 11.3 Å². The highest BCUT2D eigenvalue weighted by molar-refractivity contribution is 7.18. The fourth-order valence-electron chi connectivity index (χ4n) is 2.65. The Balaban J connectivity index is 1.99. The van der Waals surface area contributed by atoms with E-state index in [-0.39, 0.29) is 16.8 Å². The van der Waals surface area contributed by atoms with Gasteiger partial charge < -0.3 is 14.7 Å². The van der Waals surface area contributed by atoms with Crippen molar-refractivity contribution >= 4 is 29.1 Å². The Hall–Kier alpha value is -3.40. The molecule has 2 aromatic carbocycles. The van der Waals surface area contributed by atoms with Crippen molar-refractivity contribution in [2.24, 2.45) is 0 Å². The molecule has 3 aromatic rings. The Labute approximate surface area is 171 Å². The summed E-state index contributed by atoms with van der Waals surface area (Å²) in [5, 5.41) is 8.84. The van der Waals surface area contributed by atoms with E-state index in [2.05, 4.69) is 0 Å². The standard InChI is InChI=1S/C20H13F4NO4S/c1-25(17(26)13-8-7-12(9-14(13)21)20(22,23)24)15-10-16(11-5-3-2-4-6-11)30-18(15)29-19(27)28/h2-10H,1H3,(H,27,28). The van der Waals surface area contributed by atoms with E-state index in [1.54, 1.807) is 30.3 Å². The van der Waals surface area contributed by atoms with Crippen LogP contribution in [0.15, 0.2) is 54.6 Å². The minimum absolute atomic E-state index is 0.0329. The number of nitrogens with zero attached hydrogens (tertiary/aromatic N) is 1. The van der Waals surface area contributed by atoms with Gasteiger partial charge in [-0.2, -0.15) is 13.2 Å². The zero-order valence-corrected chi connectivity index (χ0v) is 16.1. The number of hydrogen-bond donors (Lipinski definition) is 1. The fourth-order valence-corrected chi connectivity index (χ4v) is 3.69. The molecular weight excluding hydrogens is 426 g/mol. The topological polar surface area (TPSA) is 66.8 Å². The average molecular weight is 439 g/mol. The third-order valence-electron chi connectivity index (χ3n) is 4.11. The van der Waals surface area contributed by atoms with E-state index >= 15 is 0 Å². The first kappa shape index (κ1) is 21.3. The van der Waals surface area contributed by atoms with Gasteiger partial charge in [-0.3, -0.25) is 4.79 Å². The first-order valence-corrected chi connectivity index (χ1v) is 9.14. The molecule has 0 fully saturated rings. The Kier molecular flexibility index (Phi) is 5.79. The van der Waals surface area contributed by atoms with Crippen LogP contribution in [0.1, 0.15) is 15.9 Å². The van der Waals surface area contributed by atoms with Gasteiger partial charge in [0.15, 0.2) is 0 Å². The zero-order valence-electron chi connectivity index (χ0n) is 15.2. The molecule has 10 heteroatoms. The number of carboxylic acid groups (broad SMARTS) is 1. The normalized spacial score (nSPS) is 11.2. The van der Waals surface area contributed by atoms with Gasteiger partial charge in [0.25, 0.3) is 5.91 Å². The van der Waals surface area contributed by atoms with Crippen LogP contribution in [-0.4, -0.2) is 24.2 Å². The molecular formula is C20H13F4NO4S. The molecule has 0 atom stereocenters. The van der Waals surface area contributed by atoms with E-state index in [4.69, 9.17) is 9.84 Å². The molecule has 0 saturated heterocycles. The molecule has 0 aliphatic rings. The summed E-state index contributed by atoms with van der Waals surface area (Å²) in [5.74, 6) is -2.31. The van der Waals surface area contributed by atoms with Crippen molar-refractivity contribution in [1.29, 1.82) is 0 Å². The molecule has 3 rings (SSSR count). The molecule has 0 spiro atoms. The van der Waals surface area contributed by atoms with E-state index < -0.39 is 35.2 Å². The van der Waals surface area contributed by atoms with E-state index in [0.29, 0.717) is 10.9 Å². The number of anilines is 1. The van der Waals surface area contributed by atoms with Crippen LogP contribution in [0.5, 0.6) is 5.06 Å². The lowest BCUT2D eigenvalue weighted by atomic mass is 10.1. The number of benzene rings is 2. The first-order chi connectivity index (χ1) is 14.1. The maximum Gasteiger partial charge on any atom is 0.512 e. The molecule has 30 heavy (non-hydrogen) atoms. The van der Waals surface area contributed by atoms with Crippen molar-refractivity contribution in [2.45, 2.75) is 6.18 Å². The van der Waals surface area contributed by atoms with Crippen molar-refractivity contribution in [1.82, 2.24) is 0 Å². The van der Waals surface area contributed by atoms with E-state index in [9.17, 15) is 27.2 Å². The number of carbonyl (C=O) groups excluding carboxylic acids is 1. The molecule has 156 valence electrons.